The van der Waals surface area contributed by atoms with Gasteiger partial charge in [-0.15, -0.1) is 21.5 Å². The molecule has 41 heavy (non-hydrogen) atoms. The molecule has 5 rings (SSSR count). The zero-order chi connectivity index (χ0) is 28.6. The summed E-state index contributed by atoms with van der Waals surface area (Å²) in [5.74, 6) is 0.169. The number of aromatic nitrogens is 2. The van der Waals surface area contributed by atoms with Gasteiger partial charge in [-0.1, -0.05) is 78.9 Å². The van der Waals surface area contributed by atoms with Crippen LogP contribution in [0.5, 0.6) is 0 Å². The van der Waals surface area contributed by atoms with E-state index >= 15 is 0 Å². The molecule has 2 heterocycles. The van der Waals surface area contributed by atoms with Crippen LogP contribution in [0, 0.1) is 0 Å². The van der Waals surface area contributed by atoms with Crippen LogP contribution in [-0.4, -0.2) is 34.8 Å². The smallest absolute Gasteiger partial charge is 0.330 e. The van der Waals surface area contributed by atoms with Gasteiger partial charge in [-0.05, 0) is 44.5 Å². The van der Waals surface area contributed by atoms with E-state index in [2.05, 4.69) is 27.9 Å². The van der Waals surface area contributed by atoms with Crippen LogP contribution >= 0.6 is 11.3 Å². The molecule has 0 saturated carbocycles. The summed E-state index contributed by atoms with van der Waals surface area (Å²) in [4.78, 5) is 18.7. The lowest BCUT2D eigenvalue weighted by Gasteiger charge is -2.16. The van der Waals surface area contributed by atoms with Crippen molar-refractivity contribution in [2.24, 2.45) is 4.99 Å². The number of carbonyl (C=O) groups is 1. The maximum atomic E-state index is 12.3. The fourth-order valence-electron chi connectivity index (χ4n) is 4.39. The molecule has 5 aromatic rings. The minimum Gasteiger partial charge on any atom is -0.463 e. The number of nitrogens with zero attached hydrogens (tertiary/aromatic N) is 3. The van der Waals surface area contributed by atoms with E-state index in [1.165, 1.54) is 17.4 Å². The van der Waals surface area contributed by atoms with Crippen LogP contribution in [0.15, 0.2) is 102 Å². The second kappa shape index (κ2) is 13.0. The number of anilines is 2. The van der Waals surface area contributed by atoms with E-state index in [0.717, 1.165) is 48.9 Å². The van der Waals surface area contributed by atoms with Crippen LogP contribution in [0.2, 0.25) is 0 Å². The van der Waals surface area contributed by atoms with Crippen LogP contribution in [0.3, 0.4) is 0 Å². The van der Waals surface area contributed by atoms with E-state index in [1.54, 1.807) is 13.0 Å². The minimum absolute atomic E-state index is 0.0189. The van der Waals surface area contributed by atoms with E-state index in [-0.39, 0.29) is 6.04 Å². The highest BCUT2D eigenvalue weighted by Crippen LogP contribution is 2.44. The Morgan fingerprint density at radius 3 is 2.17 bits per heavy atom. The van der Waals surface area contributed by atoms with Gasteiger partial charge in [-0.3, -0.25) is 0 Å². The van der Waals surface area contributed by atoms with Crippen molar-refractivity contribution in [1.82, 2.24) is 10.2 Å². The number of thiophene rings is 1. The van der Waals surface area contributed by atoms with Crippen LogP contribution in [-0.2, 0) is 9.53 Å². The van der Waals surface area contributed by atoms with Gasteiger partial charge in [0, 0.05) is 34.3 Å². The summed E-state index contributed by atoms with van der Waals surface area (Å²) in [5, 5.41) is 17.2. The molecule has 0 amide bonds. The standard InChI is InChI=1S/C33H31N5O2S/c1-4-40-27(39)21-20-26-31(36-33(34-22(2)3)35-25-18-12-7-13-19-25)29-28(23-14-8-5-9-15-23)30(37-38-32(29)41-26)24-16-10-6-11-17-24/h5-22H,4H2,1-3H3,(H2,34,35,36)/b21-20+. The van der Waals surface area contributed by atoms with E-state index in [1.807, 2.05) is 92.7 Å². The quantitative estimate of drug-likeness (QED) is 0.0867. The molecule has 0 aliphatic rings. The number of rotatable bonds is 8. The summed E-state index contributed by atoms with van der Waals surface area (Å²) in [6.45, 7) is 6.14. The average molecular weight is 562 g/mol. The fourth-order valence-corrected chi connectivity index (χ4v) is 5.38. The van der Waals surface area contributed by atoms with Crippen molar-refractivity contribution >= 4 is 50.9 Å². The molecule has 8 heteroatoms. The maximum absolute atomic E-state index is 12.3. The van der Waals surface area contributed by atoms with Gasteiger partial charge < -0.3 is 15.4 Å². The molecule has 3 aromatic carbocycles. The normalized spacial score (nSPS) is 11.8. The van der Waals surface area contributed by atoms with Gasteiger partial charge >= 0.3 is 5.97 Å². The molecule has 0 unspecified atom stereocenters. The number of esters is 1. The van der Waals surface area contributed by atoms with Gasteiger partial charge in [0.15, 0.2) is 0 Å². The van der Waals surface area contributed by atoms with E-state index in [9.17, 15) is 4.79 Å². The highest BCUT2D eigenvalue weighted by Gasteiger charge is 2.23. The van der Waals surface area contributed by atoms with Crippen LogP contribution < -0.4 is 10.6 Å². The first-order valence-corrected chi connectivity index (χ1v) is 14.3. The number of fused-ring (bicyclic) bond motifs is 1. The Hall–Kier alpha value is -4.82. The molecule has 0 aliphatic carbocycles. The topological polar surface area (TPSA) is 88.5 Å². The Kier molecular flexibility index (Phi) is 8.81. The first-order chi connectivity index (χ1) is 20.0. The molecule has 0 spiro atoms. The SMILES string of the molecule is CCOC(=O)/C=C/c1sc2nnc(-c3ccccc3)c(-c3ccccc3)c2c1NC(=NC(C)C)Nc1ccccc1. The number of hydrogen-bond acceptors (Lipinski definition) is 6. The second-order valence-electron chi connectivity index (χ2n) is 9.45. The molecule has 0 fully saturated rings. The Bertz CT molecular complexity index is 1680. The van der Waals surface area contributed by atoms with Gasteiger partial charge in [0.1, 0.15) is 10.5 Å². The van der Waals surface area contributed by atoms with Crippen molar-refractivity contribution in [2.45, 2.75) is 26.8 Å². The number of ether oxygens (including phenoxy) is 1. The summed E-state index contributed by atoms with van der Waals surface area (Å²) in [7, 11) is 0. The van der Waals surface area contributed by atoms with Gasteiger partial charge in [-0.25, -0.2) is 9.79 Å². The average Bonchev–Trinajstić information content (AvgIpc) is 3.34. The Morgan fingerprint density at radius 2 is 1.54 bits per heavy atom. The summed E-state index contributed by atoms with van der Waals surface area (Å²) >= 11 is 1.45. The largest absolute Gasteiger partial charge is 0.463 e. The number of aliphatic imine (C=N–C) groups is 1. The highest BCUT2D eigenvalue weighted by molar-refractivity contribution is 7.20. The first-order valence-electron chi connectivity index (χ1n) is 13.5. The lowest BCUT2D eigenvalue weighted by molar-refractivity contribution is -0.137. The van der Waals surface area contributed by atoms with Gasteiger partial charge in [-0.2, -0.15) is 0 Å². The summed E-state index contributed by atoms with van der Waals surface area (Å²) in [5.41, 5.74) is 5.35. The lowest BCUT2D eigenvalue weighted by atomic mass is 9.96. The summed E-state index contributed by atoms with van der Waals surface area (Å²) in [6, 6.07) is 30.1. The molecule has 0 bridgehead atoms. The number of para-hydroxylation sites is 1. The monoisotopic (exact) mass is 561 g/mol. The van der Waals surface area contributed by atoms with Crippen LogP contribution in [0.1, 0.15) is 25.6 Å². The number of guanidine groups is 1. The number of nitrogens with one attached hydrogen (secondary N) is 2. The van der Waals surface area contributed by atoms with Crippen molar-refractivity contribution < 1.29 is 9.53 Å². The zero-order valence-corrected chi connectivity index (χ0v) is 24.0. The second-order valence-corrected chi connectivity index (χ2v) is 10.5. The molecule has 206 valence electrons. The van der Waals surface area contributed by atoms with Gasteiger partial charge in [0.05, 0.1) is 17.2 Å². The Balaban J connectivity index is 1.76. The van der Waals surface area contributed by atoms with Gasteiger partial charge in [0.2, 0.25) is 5.96 Å². The van der Waals surface area contributed by atoms with Crippen molar-refractivity contribution in [1.29, 1.82) is 0 Å². The van der Waals surface area contributed by atoms with Crippen molar-refractivity contribution in [3.05, 3.63) is 102 Å². The predicted octanol–water partition coefficient (Wildman–Crippen LogP) is 7.89. The van der Waals surface area contributed by atoms with Crippen LogP contribution in [0.25, 0.3) is 38.7 Å². The highest BCUT2D eigenvalue weighted by atomic mass is 32.1. The third-order valence-corrected chi connectivity index (χ3v) is 7.12. The number of benzene rings is 3. The fraction of sp³-hybridized carbons (Fsp3) is 0.152. The minimum atomic E-state index is -0.409. The van der Waals surface area contributed by atoms with E-state index in [4.69, 9.17) is 14.8 Å². The predicted molar refractivity (Wildman–Crippen MR) is 170 cm³/mol. The number of hydrogen-bond donors (Lipinski definition) is 2. The first kappa shape index (κ1) is 27.7. The number of carbonyl (C=O) groups excluding carboxylic acids is 1. The maximum Gasteiger partial charge on any atom is 0.330 e. The molecule has 2 aromatic heterocycles. The molecule has 0 atom stereocenters. The van der Waals surface area contributed by atoms with E-state index < -0.39 is 5.97 Å². The molecule has 7 nitrogen and oxygen atoms in total. The molecular weight excluding hydrogens is 530 g/mol. The Morgan fingerprint density at radius 1 is 0.902 bits per heavy atom. The van der Waals surface area contributed by atoms with E-state index in [0.29, 0.717) is 12.6 Å². The third-order valence-electron chi connectivity index (χ3n) is 6.08. The van der Waals surface area contributed by atoms with Crippen molar-refractivity contribution in [3.63, 3.8) is 0 Å². The van der Waals surface area contributed by atoms with Gasteiger partial charge in [0.25, 0.3) is 0 Å². The summed E-state index contributed by atoms with van der Waals surface area (Å²) < 4.78 is 5.15. The third kappa shape index (κ3) is 6.67. The molecule has 0 saturated heterocycles. The Labute approximate surface area is 243 Å². The van der Waals surface area contributed by atoms with Crippen molar-refractivity contribution in [3.8, 4) is 22.4 Å². The molecule has 0 aliphatic heterocycles. The zero-order valence-electron chi connectivity index (χ0n) is 23.2. The molecule has 2 N–H and O–H groups in total. The van der Waals surface area contributed by atoms with Crippen molar-refractivity contribution in [2.75, 3.05) is 17.2 Å². The molecular formula is C33H31N5O2S. The van der Waals surface area contributed by atoms with Crippen LogP contribution in [0.4, 0.5) is 11.4 Å². The summed E-state index contributed by atoms with van der Waals surface area (Å²) in [6.07, 6.45) is 3.20. The lowest BCUT2D eigenvalue weighted by Crippen LogP contribution is -2.24. The molecule has 0 radical (unpaired) electrons.